The minimum Gasteiger partial charge on any atom is -0.497 e. The van der Waals surface area contributed by atoms with Crippen LogP contribution in [0.3, 0.4) is 0 Å². The summed E-state index contributed by atoms with van der Waals surface area (Å²) in [5.41, 5.74) is 4.26. The molecule has 0 spiro atoms. The van der Waals surface area contributed by atoms with E-state index >= 15 is 0 Å². The smallest absolute Gasteiger partial charge is 0.264 e. The van der Waals surface area contributed by atoms with E-state index in [9.17, 15) is 13.2 Å². The van der Waals surface area contributed by atoms with Crippen molar-refractivity contribution < 1.29 is 27.4 Å². The molecule has 3 aromatic rings. The molecule has 0 aliphatic carbocycles. The van der Waals surface area contributed by atoms with E-state index in [1.54, 1.807) is 24.3 Å². The van der Waals surface area contributed by atoms with Gasteiger partial charge >= 0.3 is 0 Å². The van der Waals surface area contributed by atoms with E-state index in [2.05, 4.69) is 10.5 Å². The Morgan fingerprint density at radius 1 is 1.03 bits per heavy atom. The van der Waals surface area contributed by atoms with E-state index in [1.807, 2.05) is 43.0 Å². The lowest BCUT2D eigenvalue weighted by Crippen LogP contribution is -2.39. The highest BCUT2D eigenvalue weighted by Crippen LogP contribution is 2.35. The van der Waals surface area contributed by atoms with Crippen molar-refractivity contribution >= 4 is 39.6 Å². The Labute approximate surface area is 226 Å². The number of carbonyl (C=O) groups excluding carboxylic acids is 1. The number of aryl methyl sites for hydroxylation is 1. The third-order valence-electron chi connectivity index (χ3n) is 5.74. The Morgan fingerprint density at radius 3 is 2.32 bits per heavy atom. The summed E-state index contributed by atoms with van der Waals surface area (Å²) in [6.07, 6.45) is 1.73. The van der Waals surface area contributed by atoms with Crippen LogP contribution in [0.1, 0.15) is 11.1 Å². The molecule has 11 heteroatoms. The van der Waals surface area contributed by atoms with Crippen LogP contribution in [-0.4, -0.2) is 58.9 Å². The number of benzene rings is 3. The van der Waals surface area contributed by atoms with Crippen molar-refractivity contribution in [2.75, 3.05) is 36.6 Å². The summed E-state index contributed by atoms with van der Waals surface area (Å²) < 4.78 is 44.8. The summed E-state index contributed by atoms with van der Waals surface area (Å²) in [5, 5.41) is 4.00. The highest BCUT2D eigenvalue weighted by atomic mass is 32.2. The van der Waals surface area contributed by atoms with Crippen LogP contribution in [0.25, 0.3) is 0 Å². The average Bonchev–Trinajstić information content (AvgIpc) is 2.90. The zero-order valence-electron chi connectivity index (χ0n) is 21.3. The molecule has 38 heavy (non-hydrogen) atoms. The first-order valence-corrected chi connectivity index (χ1v) is 14.4. The van der Waals surface area contributed by atoms with Gasteiger partial charge in [0.25, 0.3) is 15.9 Å². The molecule has 1 amide bonds. The number of methoxy groups -OCH3 is 2. The van der Waals surface area contributed by atoms with E-state index in [-0.39, 0.29) is 22.4 Å². The number of amides is 1. The van der Waals surface area contributed by atoms with Crippen LogP contribution < -0.4 is 23.9 Å². The third kappa shape index (κ3) is 6.59. The van der Waals surface area contributed by atoms with Crippen LogP contribution in [0.2, 0.25) is 0 Å². The van der Waals surface area contributed by atoms with Gasteiger partial charge in [-0.2, -0.15) is 16.9 Å². The largest absolute Gasteiger partial charge is 0.497 e. The number of rotatable bonds is 11. The number of anilines is 1. The zero-order valence-corrected chi connectivity index (χ0v) is 22.9. The highest BCUT2D eigenvalue weighted by molar-refractivity contribution is 8.00. The van der Waals surface area contributed by atoms with Gasteiger partial charge in [-0.3, -0.25) is 9.10 Å². The molecule has 0 bridgehead atoms. The SMILES string of the molecule is COc1ccc(N(CC(=O)N/N=C\c2ccc(OC3CSC3)cc2)S(=O)(=O)c2ccc(C)cc2)c(OC)c1. The van der Waals surface area contributed by atoms with Crippen molar-refractivity contribution in [1.82, 2.24) is 5.43 Å². The second-order valence-electron chi connectivity index (χ2n) is 8.50. The summed E-state index contributed by atoms with van der Waals surface area (Å²) in [5.74, 6) is 2.86. The number of carbonyl (C=O) groups is 1. The summed E-state index contributed by atoms with van der Waals surface area (Å²) in [4.78, 5) is 12.9. The summed E-state index contributed by atoms with van der Waals surface area (Å²) in [6.45, 7) is 1.34. The third-order valence-corrected chi connectivity index (χ3v) is 8.73. The molecule has 1 aliphatic heterocycles. The molecule has 1 aliphatic rings. The minimum atomic E-state index is -4.12. The molecule has 9 nitrogen and oxygen atoms in total. The number of hydrogen-bond donors (Lipinski definition) is 1. The molecule has 0 atom stereocenters. The second kappa shape index (κ2) is 12.2. The van der Waals surface area contributed by atoms with E-state index < -0.39 is 22.5 Å². The molecule has 1 saturated heterocycles. The Balaban J connectivity index is 1.52. The van der Waals surface area contributed by atoms with E-state index in [1.165, 1.54) is 38.6 Å². The van der Waals surface area contributed by atoms with Crippen LogP contribution in [0.4, 0.5) is 5.69 Å². The molecule has 200 valence electrons. The normalized spacial score (nSPS) is 13.6. The zero-order chi connectivity index (χ0) is 27.1. The van der Waals surface area contributed by atoms with Crippen molar-refractivity contribution in [2.24, 2.45) is 5.10 Å². The number of sulfonamides is 1. The molecule has 1 fully saturated rings. The van der Waals surface area contributed by atoms with Gasteiger partial charge in [0.15, 0.2) is 0 Å². The van der Waals surface area contributed by atoms with Crippen LogP contribution in [0.15, 0.2) is 76.7 Å². The fraction of sp³-hybridized carbons (Fsp3) is 0.259. The van der Waals surface area contributed by atoms with Gasteiger partial charge in [0.05, 0.1) is 31.0 Å². The van der Waals surface area contributed by atoms with Crippen molar-refractivity contribution in [2.45, 2.75) is 17.9 Å². The first-order chi connectivity index (χ1) is 18.3. The fourth-order valence-corrected chi connectivity index (χ4v) is 5.58. The first-order valence-electron chi connectivity index (χ1n) is 11.8. The lowest BCUT2D eigenvalue weighted by Gasteiger charge is -2.25. The summed E-state index contributed by atoms with van der Waals surface area (Å²) in [7, 11) is -1.21. The van der Waals surface area contributed by atoms with E-state index in [0.717, 1.165) is 32.7 Å². The van der Waals surface area contributed by atoms with Crippen LogP contribution in [0.5, 0.6) is 17.2 Å². The maximum atomic E-state index is 13.6. The van der Waals surface area contributed by atoms with E-state index in [0.29, 0.717) is 5.75 Å². The highest BCUT2D eigenvalue weighted by Gasteiger charge is 2.29. The summed E-state index contributed by atoms with van der Waals surface area (Å²) in [6, 6.07) is 18.4. The van der Waals surface area contributed by atoms with Crippen LogP contribution in [0, 0.1) is 6.92 Å². The van der Waals surface area contributed by atoms with Crippen molar-refractivity contribution in [3.8, 4) is 17.2 Å². The molecule has 0 radical (unpaired) electrons. The number of thioether (sulfide) groups is 1. The van der Waals surface area contributed by atoms with Gasteiger partial charge in [0.1, 0.15) is 29.9 Å². The number of ether oxygens (including phenoxy) is 3. The number of nitrogens with one attached hydrogen (secondary N) is 1. The molecular formula is C27H29N3O6S2. The van der Waals surface area contributed by atoms with Gasteiger partial charge in [0, 0.05) is 17.6 Å². The van der Waals surface area contributed by atoms with Gasteiger partial charge in [-0.25, -0.2) is 13.8 Å². The number of hydrogen-bond acceptors (Lipinski definition) is 8. The van der Waals surface area contributed by atoms with Crippen LogP contribution in [-0.2, 0) is 14.8 Å². The Morgan fingerprint density at radius 2 is 1.71 bits per heavy atom. The standard InChI is InChI=1S/C27H29N3O6S2/c1-19-4-11-24(12-5-19)38(32,33)30(25-13-10-22(34-2)14-26(25)35-3)16-27(31)29-28-15-20-6-8-21(9-7-20)36-23-17-37-18-23/h4-15,23H,16-18H2,1-3H3,(H,29,31)/b28-15-. The fourth-order valence-electron chi connectivity index (χ4n) is 3.58. The van der Waals surface area contributed by atoms with Gasteiger partial charge in [-0.05, 0) is 61.0 Å². The molecular weight excluding hydrogens is 526 g/mol. The van der Waals surface area contributed by atoms with Gasteiger partial charge in [-0.1, -0.05) is 17.7 Å². The van der Waals surface area contributed by atoms with Crippen LogP contribution >= 0.6 is 11.8 Å². The molecule has 4 rings (SSSR count). The van der Waals surface area contributed by atoms with E-state index in [4.69, 9.17) is 14.2 Å². The van der Waals surface area contributed by atoms with Crippen molar-refractivity contribution in [3.05, 3.63) is 77.9 Å². The Kier molecular flexibility index (Phi) is 8.80. The monoisotopic (exact) mass is 555 g/mol. The molecule has 1 N–H and O–H groups in total. The quantitative estimate of drug-likeness (QED) is 0.283. The average molecular weight is 556 g/mol. The minimum absolute atomic E-state index is 0.0417. The molecule has 1 heterocycles. The molecule has 3 aromatic carbocycles. The topological polar surface area (TPSA) is 107 Å². The maximum Gasteiger partial charge on any atom is 0.264 e. The molecule has 0 unspecified atom stereocenters. The second-order valence-corrected chi connectivity index (χ2v) is 11.4. The lowest BCUT2D eigenvalue weighted by molar-refractivity contribution is -0.119. The van der Waals surface area contributed by atoms with Crippen molar-refractivity contribution in [3.63, 3.8) is 0 Å². The predicted octanol–water partition coefficient (Wildman–Crippen LogP) is 3.85. The number of nitrogens with zero attached hydrogens (tertiary/aromatic N) is 2. The lowest BCUT2D eigenvalue weighted by atomic mass is 10.2. The predicted molar refractivity (Wildman–Crippen MR) is 149 cm³/mol. The maximum absolute atomic E-state index is 13.6. The van der Waals surface area contributed by atoms with Gasteiger partial charge in [-0.15, -0.1) is 0 Å². The van der Waals surface area contributed by atoms with Gasteiger partial charge < -0.3 is 14.2 Å². The van der Waals surface area contributed by atoms with Crippen molar-refractivity contribution in [1.29, 1.82) is 0 Å². The molecule has 0 aromatic heterocycles. The first kappa shape index (κ1) is 27.3. The Bertz CT molecular complexity index is 1390. The molecule has 0 saturated carbocycles. The van der Waals surface area contributed by atoms with Gasteiger partial charge in [0.2, 0.25) is 0 Å². The Hall–Kier alpha value is -3.70. The summed E-state index contributed by atoms with van der Waals surface area (Å²) >= 11 is 1.85. The number of hydrazone groups is 1.